The fourth-order valence-corrected chi connectivity index (χ4v) is 3.75. The van der Waals surface area contributed by atoms with Crippen LogP contribution in [-0.2, 0) is 11.3 Å². The van der Waals surface area contributed by atoms with Crippen LogP contribution in [0.5, 0.6) is 0 Å². The van der Waals surface area contributed by atoms with Crippen LogP contribution < -0.4 is 0 Å². The second-order valence-electron chi connectivity index (χ2n) is 7.43. The van der Waals surface area contributed by atoms with Crippen LogP contribution in [0.2, 0.25) is 5.02 Å². The Kier molecular flexibility index (Phi) is 7.82. The molecule has 2 aromatic carbocycles. The summed E-state index contributed by atoms with van der Waals surface area (Å²) in [6, 6.07) is 13.5. The van der Waals surface area contributed by atoms with Crippen molar-refractivity contribution >= 4 is 11.6 Å². The molecule has 1 saturated heterocycles. The zero-order valence-electron chi connectivity index (χ0n) is 15.8. The summed E-state index contributed by atoms with van der Waals surface area (Å²) in [7, 11) is 0. The van der Waals surface area contributed by atoms with Crippen molar-refractivity contribution in [2.45, 2.75) is 31.7 Å². The lowest BCUT2D eigenvalue weighted by molar-refractivity contribution is -0.00350. The highest BCUT2D eigenvalue weighted by atomic mass is 35.5. The van der Waals surface area contributed by atoms with E-state index in [4.69, 9.17) is 16.3 Å². The van der Waals surface area contributed by atoms with Gasteiger partial charge < -0.3 is 19.8 Å². The molecule has 3 rings (SSSR count). The zero-order valence-corrected chi connectivity index (χ0v) is 16.6. The number of β-amino-alcohol motifs (C(OH)–C–C–N with tert-alkyl or cyclic N) is 1. The standard InChI is InChI=1S/C22H27ClFNO3/c23-19-5-1-16(2-6-19)14-28-15-21(26)13-25-11-9-18(10-12-25)22(27)17-3-7-20(24)8-4-17/h1-8,18,21-22,26-27H,9-15H2. The van der Waals surface area contributed by atoms with E-state index in [1.165, 1.54) is 12.1 Å². The van der Waals surface area contributed by atoms with Gasteiger partial charge in [0.05, 0.1) is 25.4 Å². The maximum absolute atomic E-state index is 13.0. The summed E-state index contributed by atoms with van der Waals surface area (Å²) in [5.41, 5.74) is 1.78. The monoisotopic (exact) mass is 407 g/mol. The van der Waals surface area contributed by atoms with Gasteiger partial charge in [-0.3, -0.25) is 0 Å². The van der Waals surface area contributed by atoms with E-state index < -0.39 is 12.2 Å². The fourth-order valence-electron chi connectivity index (χ4n) is 3.63. The van der Waals surface area contributed by atoms with Gasteiger partial charge in [0.2, 0.25) is 0 Å². The average molecular weight is 408 g/mol. The van der Waals surface area contributed by atoms with Crippen LogP contribution in [0.15, 0.2) is 48.5 Å². The number of aliphatic hydroxyl groups is 2. The maximum atomic E-state index is 13.0. The Balaban J connectivity index is 1.36. The van der Waals surface area contributed by atoms with Crippen molar-refractivity contribution in [1.29, 1.82) is 0 Å². The quantitative estimate of drug-likeness (QED) is 0.698. The first-order valence-electron chi connectivity index (χ1n) is 9.67. The molecule has 1 aliphatic rings. The van der Waals surface area contributed by atoms with Gasteiger partial charge in [-0.25, -0.2) is 4.39 Å². The minimum atomic E-state index is -0.574. The molecule has 1 aliphatic heterocycles. The smallest absolute Gasteiger partial charge is 0.123 e. The number of likely N-dealkylation sites (tertiary alicyclic amines) is 1. The first-order valence-corrected chi connectivity index (χ1v) is 10.0. The second-order valence-corrected chi connectivity index (χ2v) is 7.87. The van der Waals surface area contributed by atoms with E-state index in [1.807, 2.05) is 24.3 Å². The van der Waals surface area contributed by atoms with Crippen LogP contribution in [0.1, 0.15) is 30.1 Å². The summed E-state index contributed by atoms with van der Waals surface area (Å²) in [6.07, 6.45) is 0.564. The molecule has 0 saturated carbocycles. The van der Waals surface area contributed by atoms with Crippen molar-refractivity contribution in [3.8, 4) is 0 Å². The van der Waals surface area contributed by atoms with Crippen LogP contribution in [0.4, 0.5) is 4.39 Å². The summed E-state index contributed by atoms with van der Waals surface area (Å²) in [5, 5.41) is 21.4. The molecule has 0 spiro atoms. The highest BCUT2D eigenvalue weighted by Crippen LogP contribution is 2.30. The first kappa shape index (κ1) is 21.2. The molecule has 2 aromatic rings. The van der Waals surface area contributed by atoms with E-state index in [0.717, 1.165) is 37.1 Å². The summed E-state index contributed by atoms with van der Waals surface area (Å²) in [6.45, 7) is 2.91. The summed E-state index contributed by atoms with van der Waals surface area (Å²) in [5.74, 6) is -0.141. The van der Waals surface area contributed by atoms with Gasteiger partial charge in [0, 0.05) is 11.6 Å². The van der Waals surface area contributed by atoms with Crippen LogP contribution in [0.25, 0.3) is 0 Å². The van der Waals surface area contributed by atoms with Gasteiger partial charge >= 0.3 is 0 Å². The first-order chi connectivity index (χ1) is 13.5. The molecule has 6 heteroatoms. The lowest BCUT2D eigenvalue weighted by atomic mass is 9.87. The van der Waals surface area contributed by atoms with Crippen LogP contribution in [-0.4, -0.2) is 47.5 Å². The van der Waals surface area contributed by atoms with Crippen molar-refractivity contribution in [2.24, 2.45) is 5.92 Å². The Labute approximate surface area is 170 Å². The molecule has 2 unspecified atom stereocenters. The van der Waals surface area contributed by atoms with Gasteiger partial charge in [-0.15, -0.1) is 0 Å². The van der Waals surface area contributed by atoms with Crippen LogP contribution >= 0.6 is 11.6 Å². The lowest BCUT2D eigenvalue weighted by Crippen LogP contribution is -2.41. The van der Waals surface area contributed by atoms with Crippen molar-refractivity contribution in [2.75, 3.05) is 26.2 Å². The van der Waals surface area contributed by atoms with Gasteiger partial charge in [0.15, 0.2) is 0 Å². The number of piperidine rings is 1. The van der Waals surface area contributed by atoms with Gasteiger partial charge in [0.1, 0.15) is 5.82 Å². The number of benzene rings is 2. The molecule has 0 aliphatic carbocycles. The molecule has 4 nitrogen and oxygen atoms in total. The Morgan fingerprint density at radius 2 is 1.68 bits per heavy atom. The third kappa shape index (κ3) is 6.26. The second kappa shape index (κ2) is 10.3. The molecule has 0 aromatic heterocycles. The maximum Gasteiger partial charge on any atom is 0.123 e. The number of halogens is 2. The highest BCUT2D eigenvalue weighted by molar-refractivity contribution is 6.30. The van der Waals surface area contributed by atoms with Crippen molar-refractivity contribution < 1.29 is 19.3 Å². The Bertz CT molecular complexity index is 718. The predicted molar refractivity (Wildman–Crippen MR) is 108 cm³/mol. The number of rotatable bonds is 8. The van der Waals surface area contributed by atoms with E-state index in [2.05, 4.69) is 4.90 Å². The molecular weight excluding hydrogens is 381 g/mol. The third-order valence-electron chi connectivity index (χ3n) is 5.25. The van der Waals surface area contributed by atoms with Crippen LogP contribution in [0.3, 0.4) is 0 Å². The van der Waals surface area contributed by atoms with E-state index >= 15 is 0 Å². The van der Waals surface area contributed by atoms with Crippen molar-refractivity contribution in [3.05, 3.63) is 70.5 Å². The molecule has 2 N–H and O–H groups in total. The van der Waals surface area contributed by atoms with E-state index in [9.17, 15) is 14.6 Å². The van der Waals surface area contributed by atoms with Gasteiger partial charge in [0.25, 0.3) is 0 Å². The Morgan fingerprint density at radius 1 is 1.04 bits per heavy atom. The van der Waals surface area contributed by atoms with Crippen molar-refractivity contribution in [3.63, 3.8) is 0 Å². The molecule has 0 amide bonds. The van der Waals surface area contributed by atoms with Gasteiger partial charge in [-0.05, 0) is 67.2 Å². The minimum Gasteiger partial charge on any atom is -0.389 e. The van der Waals surface area contributed by atoms with Crippen LogP contribution in [0, 0.1) is 11.7 Å². The van der Waals surface area contributed by atoms with Gasteiger partial charge in [-0.1, -0.05) is 35.9 Å². The molecule has 0 radical (unpaired) electrons. The molecule has 152 valence electrons. The highest BCUT2D eigenvalue weighted by Gasteiger charge is 2.27. The molecular formula is C22H27ClFNO3. The Morgan fingerprint density at radius 3 is 2.32 bits per heavy atom. The molecule has 1 fully saturated rings. The van der Waals surface area contributed by atoms with E-state index in [1.54, 1.807) is 12.1 Å². The fraction of sp³-hybridized carbons (Fsp3) is 0.455. The number of hydrogen-bond acceptors (Lipinski definition) is 4. The third-order valence-corrected chi connectivity index (χ3v) is 5.50. The van der Waals surface area contributed by atoms with E-state index in [0.29, 0.717) is 18.2 Å². The van der Waals surface area contributed by atoms with Crippen molar-refractivity contribution in [1.82, 2.24) is 4.90 Å². The largest absolute Gasteiger partial charge is 0.389 e. The number of aliphatic hydroxyl groups excluding tert-OH is 2. The normalized spacial score (nSPS) is 18.1. The Hall–Kier alpha value is -1.50. The van der Waals surface area contributed by atoms with Gasteiger partial charge in [-0.2, -0.15) is 0 Å². The minimum absolute atomic E-state index is 0.153. The summed E-state index contributed by atoms with van der Waals surface area (Å²) in [4.78, 5) is 2.20. The summed E-state index contributed by atoms with van der Waals surface area (Å²) < 4.78 is 18.6. The zero-order chi connectivity index (χ0) is 19.9. The lowest BCUT2D eigenvalue weighted by Gasteiger charge is -2.35. The topological polar surface area (TPSA) is 52.9 Å². The number of ether oxygens (including phenoxy) is 1. The molecule has 1 heterocycles. The van der Waals surface area contributed by atoms with E-state index in [-0.39, 0.29) is 18.3 Å². The molecule has 2 atom stereocenters. The molecule has 28 heavy (non-hydrogen) atoms. The summed E-state index contributed by atoms with van der Waals surface area (Å²) >= 11 is 5.86. The molecule has 0 bridgehead atoms. The SMILES string of the molecule is OC(COCc1ccc(Cl)cc1)CN1CCC(C(O)c2ccc(F)cc2)CC1. The predicted octanol–water partition coefficient (Wildman–Crippen LogP) is 3.80. The average Bonchev–Trinajstić information content (AvgIpc) is 2.70. The number of hydrogen-bond donors (Lipinski definition) is 2. The number of nitrogens with zero attached hydrogens (tertiary/aromatic N) is 1.